The molecule has 0 amide bonds. The van der Waals surface area contributed by atoms with Gasteiger partial charge in [-0.2, -0.15) is 13.2 Å². The minimum atomic E-state index is -4.37. The largest absolute Gasteiger partial charge is 0.434 e. The van der Waals surface area contributed by atoms with Crippen molar-refractivity contribution >= 4 is 17.3 Å². The number of aliphatic imine (C=N–C) groups is 1. The van der Waals surface area contributed by atoms with Crippen LogP contribution in [0.4, 0.5) is 13.2 Å². The monoisotopic (exact) mass is 336 g/mol. The third-order valence-corrected chi connectivity index (χ3v) is 4.32. The average molecular weight is 336 g/mol. The van der Waals surface area contributed by atoms with Gasteiger partial charge in [0, 0.05) is 31.9 Å². The van der Waals surface area contributed by atoms with E-state index < -0.39 is 11.9 Å². The van der Waals surface area contributed by atoms with Crippen LogP contribution in [0.3, 0.4) is 0 Å². The minimum absolute atomic E-state index is 0.437. The molecule has 1 aromatic heterocycles. The van der Waals surface area contributed by atoms with E-state index >= 15 is 0 Å². The summed E-state index contributed by atoms with van der Waals surface area (Å²) in [6.07, 6.45) is -1.73. The molecule has 0 aliphatic heterocycles. The molecule has 1 aromatic rings. The Kier molecular flexibility index (Phi) is 7.64. The number of nitrogens with zero attached hydrogens (tertiary/aromatic N) is 2. The number of guanidine groups is 1. The Bertz CT molecular complexity index is 467. The summed E-state index contributed by atoms with van der Waals surface area (Å²) in [6, 6.07) is 0. The summed E-state index contributed by atoms with van der Waals surface area (Å²) in [5.41, 5.74) is -0.816. The zero-order valence-electron chi connectivity index (χ0n) is 13.1. The van der Waals surface area contributed by atoms with Gasteiger partial charge in [0.1, 0.15) is 0 Å². The maximum atomic E-state index is 12.4. The van der Waals surface area contributed by atoms with Crippen LogP contribution in [0.2, 0.25) is 0 Å². The lowest BCUT2D eigenvalue weighted by atomic mass is 10.0. The quantitative estimate of drug-likeness (QED) is 0.593. The van der Waals surface area contributed by atoms with Gasteiger partial charge in [0.15, 0.2) is 11.7 Å². The maximum Gasteiger partial charge on any atom is 0.434 e. The SMILES string of the molecule is CCC(CC)CNC(=NC)NCCc1nc(C(F)(F)F)cs1. The fourth-order valence-electron chi connectivity index (χ4n) is 1.88. The van der Waals surface area contributed by atoms with Crippen LogP contribution in [0.5, 0.6) is 0 Å². The molecule has 8 heteroatoms. The number of nitrogens with one attached hydrogen (secondary N) is 2. The summed E-state index contributed by atoms with van der Waals surface area (Å²) in [6.45, 7) is 5.62. The maximum absolute atomic E-state index is 12.4. The summed E-state index contributed by atoms with van der Waals surface area (Å²) in [5, 5.41) is 7.84. The normalized spacial score (nSPS) is 12.8. The highest BCUT2D eigenvalue weighted by molar-refractivity contribution is 7.09. The molecule has 0 atom stereocenters. The molecule has 0 radical (unpaired) electrons. The molecule has 0 aromatic carbocycles. The van der Waals surface area contributed by atoms with Crippen molar-refractivity contribution in [1.29, 1.82) is 0 Å². The van der Waals surface area contributed by atoms with Gasteiger partial charge in [-0.3, -0.25) is 4.99 Å². The third kappa shape index (κ3) is 6.21. The molecule has 0 spiro atoms. The second-order valence-electron chi connectivity index (χ2n) is 4.94. The predicted molar refractivity (Wildman–Crippen MR) is 84.3 cm³/mol. The number of hydrogen-bond acceptors (Lipinski definition) is 3. The molecule has 126 valence electrons. The van der Waals surface area contributed by atoms with Crippen molar-refractivity contribution in [2.24, 2.45) is 10.9 Å². The highest BCUT2D eigenvalue weighted by Gasteiger charge is 2.33. The van der Waals surface area contributed by atoms with Gasteiger partial charge in [0.2, 0.25) is 0 Å². The number of halogens is 3. The smallest absolute Gasteiger partial charge is 0.356 e. The first-order chi connectivity index (χ1) is 10.4. The van der Waals surface area contributed by atoms with E-state index in [-0.39, 0.29) is 0 Å². The van der Waals surface area contributed by atoms with E-state index in [1.165, 1.54) is 0 Å². The van der Waals surface area contributed by atoms with E-state index in [0.717, 1.165) is 36.1 Å². The van der Waals surface area contributed by atoms with Crippen LogP contribution in [0.15, 0.2) is 10.4 Å². The van der Waals surface area contributed by atoms with E-state index in [2.05, 4.69) is 34.5 Å². The van der Waals surface area contributed by atoms with Crippen molar-refractivity contribution in [3.63, 3.8) is 0 Å². The van der Waals surface area contributed by atoms with Crippen LogP contribution in [-0.2, 0) is 12.6 Å². The Morgan fingerprint density at radius 3 is 2.50 bits per heavy atom. The highest BCUT2D eigenvalue weighted by atomic mass is 32.1. The minimum Gasteiger partial charge on any atom is -0.356 e. The summed E-state index contributed by atoms with van der Waals surface area (Å²) in [4.78, 5) is 7.70. The van der Waals surface area contributed by atoms with Crippen LogP contribution in [0.1, 0.15) is 37.4 Å². The third-order valence-electron chi connectivity index (χ3n) is 3.41. The molecule has 0 saturated heterocycles. The molecular formula is C14H23F3N4S. The molecule has 0 unspecified atom stereocenters. The number of thiazole rings is 1. The first-order valence-corrected chi connectivity index (χ1v) is 8.24. The Morgan fingerprint density at radius 2 is 2.00 bits per heavy atom. The van der Waals surface area contributed by atoms with Crippen molar-refractivity contribution < 1.29 is 13.2 Å². The van der Waals surface area contributed by atoms with Gasteiger partial charge < -0.3 is 10.6 Å². The first-order valence-electron chi connectivity index (χ1n) is 7.36. The van der Waals surface area contributed by atoms with Crippen LogP contribution >= 0.6 is 11.3 Å². The molecule has 0 aliphatic carbocycles. The second kappa shape index (κ2) is 8.97. The molecule has 0 aliphatic rings. The zero-order valence-corrected chi connectivity index (χ0v) is 13.9. The molecule has 4 nitrogen and oxygen atoms in total. The zero-order chi connectivity index (χ0) is 16.6. The lowest BCUT2D eigenvalue weighted by molar-refractivity contribution is -0.140. The lowest BCUT2D eigenvalue weighted by Crippen LogP contribution is -2.40. The van der Waals surface area contributed by atoms with Crippen molar-refractivity contribution in [3.8, 4) is 0 Å². The Balaban J connectivity index is 2.37. The molecule has 0 fully saturated rings. The molecule has 1 rings (SSSR count). The topological polar surface area (TPSA) is 49.3 Å². The van der Waals surface area contributed by atoms with Crippen LogP contribution in [-0.4, -0.2) is 31.1 Å². The van der Waals surface area contributed by atoms with E-state index in [1.807, 2.05) is 0 Å². The molecule has 22 heavy (non-hydrogen) atoms. The van der Waals surface area contributed by atoms with Crippen molar-refractivity contribution in [3.05, 3.63) is 16.1 Å². The molecule has 0 bridgehead atoms. The molecular weight excluding hydrogens is 313 g/mol. The molecule has 1 heterocycles. The number of aromatic nitrogens is 1. The fraction of sp³-hybridized carbons (Fsp3) is 0.714. The number of rotatable bonds is 7. The van der Waals surface area contributed by atoms with E-state index in [1.54, 1.807) is 7.05 Å². The molecule has 0 saturated carbocycles. The van der Waals surface area contributed by atoms with Gasteiger partial charge in [-0.1, -0.05) is 26.7 Å². The first kappa shape index (κ1) is 18.7. The van der Waals surface area contributed by atoms with Crippen molar-refractivity contribution in [1.82, 2.24) is 15.6 Å². The average Bonchev–Trinajstić information content (AvgIpc) is 2.95. The van der Waals surface area contributed by atoms with Gasteiger partial charge in [0.25, 0.3) is 0 Å². The Morgan fingerprint density at radius 1 is 1.32 bits per heavy atom. The lowest BCUT2D eigenvalue weighted by Gasteiger charge is -2.16. The molecule has 2 N–H and O–H groups in total. The van der Waals surface area contributed by atoms with E-state index in [9.17, 15) is 13.2 Å². The van der Waals surface area contributed by atoms with Gasteiger partial charge in [0.05, 0.1) is 5.01 Å². The van der Waals surface area contributed by atoms with Gasteiger partial charge in [-0.05, 0) is 5.92 Å². The predicted octanol–water partition coefficient (Wildman–Crippen LogP) is 3.31. The summed E-state index contributed by atoms with van der Waals surface area (Å²) >= 11 is 1.03. The standard InChI is InChI=1S/C14H23F3N4S/c1-4-10(5-2)8-20-13(18-3)19-7-6-12-21-11(9-22-12)14(15,16)17/h9-10H,4-8H2,1-3H3,(H2,18,19,20). The van der Waals surface area contributed by atoms with Crippen LogP contribution in [0, 0.1) is 5.92 Å². The summed E-state index contributed by atoms with van der Waals surface area (Å²) < 4.78 is 37.3. The summed E-state index contributed by atoms with van der Waals surface area (Å²) in [5.74, 6) is 1.26. The summed E-state index contributed by atoms with van der Waals surface area (Å²) in [7, 11) is 1.67. The number of alkyl halides is 3. The second-order valence-corrected chi connectivity index (χ2v) is 5.88. The van der Waals surface area contributed by atoms with E-state index in [4.69, 9.17) is 0 Å². The van der Waals surface area contributed by atoms with Gasteiger partial charge in [-0.15, -0.1) is 11.3 Å². The number of hydrogen-bond donors (Lipinski definition) is 2. The van der Waals surface area contributed by atoms with E-state index in [0.29, 0.717) is 29.9 Å². The van der Waals surface area contributed by atoms with Crippen molar-refractivity contribution in [2.75, 3.05) is 20.1 Å². The van der Waals surface area contributed by atoms with Crippen molar-refractivity contribution in [2.45, 2.75) is 39.3 Å². The van der Waals surface area contributed by atoms with Gasteiger partial charge in [-0.25, -0.2) is 4.98 Å². The Hall–Kier alpha value is -1.31. The van der Waals surface area contributed by atoms with Gasteiger partial charge >= 0.3 is 6.18 Å². The Labute approximate surface area is 133 Å². The fourth-order valence-corrected chi connectivity index (χ4v) is 2.69. The van der Waals surface area contributed by atoms with Crippen LogP contribution in [0.25, 0.3) is 0 Å². The van der Waals surface area contributed by atoms with Crippen LogP contribution < -0.4 is 10.6 Å². The highest BCUT2D eigenvalue weighted by Crippen LogP contribution is 2.29.